The number of anilines is 1. The van der Waals surface area contributed by atoms with Crippen molar-refractivity contribution in [3.8, 4) is 0 Å². The molecule has 20 heavy (non-hydrogen) atoms. The molecule has 1 rings (SSSR count). The number of aromatic nitrogens is 1. The molecule has 0 aliphatic carbocycles. The number of methoxy groups -OCH3 is 1. The topological polar surface area (TPSA) is 37.4 Å². The van der Waals surface area contributed by atoms with Crippen LogP contribution in [0.1, 0.15) is 32.0 Å². The standard InChI is InChI=1S/C16H29N3O/c1-6-19(9-10-20-5)16-8-7-15(14(4)18-16)12-17-11-13(2)3/h7-8,13,17H,6,9-12H2,1-5H3. The maximum absolute atomic E-state index is 5.15. The van der Waals surface area contributed by atoms with Crippen molar-refractivity contribution in [3.63, 3.8) is 0 Å². The molecule has 0 radical (unpaired) electrons. The van der Waals surface area contributed by atoms with Crippen molar-refractivity contribution in [1.29, 1.82) is 0 Å². The lowest BCUT2D eigenvalue weighted by atomic mass is 10.2. The largest absolute Gasteiger partial charge is 0.383 e. The molecule has 0 fully saturated rings. The molecule has 1 aromatic heterocycles. The highest BCUT2D eigenvalue weighted by Crippen LogP contribution is 2.14. The summed E-state index contributed by atoms with van der Waals surface area (Å²) in [6, 6.07) is 4.29. The van der Waals surface area contributed by atoms with Gasteiger partial charge in [0.05, 0.1) is 6.61 Å². The molecule has 1 aromatic rings. The number of nitrogens with zero attached hydrogens (tertiary/aromatic N) is 2. The summed E-state index contributed by atoms with van der Waals surface area (Å²) in [5.41, 5.74) is 2.38. The van der Waals surface area contributed by atoms with Gasteiger partial charge in [-0.3, -0.25) is 0 Å². The minimum Gasteiger partial charge on any atom is -0.383 e. The summed E-state index contributed by atoms with van der Waals surface area (Å²) >= 11 is 0. The third-order valence-electron chi connectivity index (χ3n) is 3.32. The molecule has 114 valence electrons. The number of likely N-dealkylation sites (N-methyl/N-ethyl adjacent to an activating group) is 1. The first-order valence-electron chi connectivity index (χ1n) is 7.49. The second kappa shape index (κ2) is 8.93. The molecular formula is C16H29N3O. The number of hydrogen-bond donors (Lipinski definition) is 1. The van der Waals surface area contributed by atoms with E-state index in [0.29, 0.717) is 5.92 Å². The van der Waals surface area contributed by atoms with Crippen LogP contribution in [0.2, 0.25) is 0 Å². The monoisotopic (exact) mass is 279 g/mol. The van der Waals surface area contributed by atoms with Gasteiger partial charge in [0.1, 0.15) is 5.82 Å². The molecule has 0 aliphatic heterocycles. The van der Waals surface area contributed by atoms with Crippen LogP contribution in [0.5, 0.6) is 0 Å². The van der Waals surface area contributed by atoms with Gasteiger partial charge in [0.15, 0.2) is 0 Å². The summed E-state index contributed by atoms with van der Waals surface area (Å²) in [4.78, 5) is 6.96. The van der Waals surface area contributed by atoms with Crippen LogP contribution in [-0.2, 0) is 11.3 Å². The molecule has 0 saturated carbocycles. The molecular weight excluding hydrogens is 250 g/mol. The van der Waals surface area contributed by atoms with Gasteiger partial charge in [0, 0.05) is 32.4 Å². The van der Waals surface area contributed by atoms with Crippen molar-refractivity contribution in [3.05, 3.63) is 23.4 Å². The van der Waals surface area contributed by atoms with Gasteiger partial charge in [-0.1, -0.05) is 19.9 Å². The molecule has 0 spiro atoms. The highest BCUT2D eigenvalue weighted by Gasteiger charge is 2.08. The van der Waals surface area contributed by atoms with Gasteiger partial charge in [-0.2, -0.15) is 0 Å². The van der Waals surface area contributed by atoms with Crippen molar-refractivity contribution >= 4 is 5.82 Å². The van der Waals surface area contributed by atoms with Crippen LogP contribution in [0.4, 0.5) is 5.82 Å². The van der Waals surface area contributed by atoms with Crippen LogP contribution in [0.3, 0.4) is 0 Å². The third-order valence-corrected chi connectivity index (χ3v) is 3.32. The molecule has 0 bridgehead atoms. The highest BCUT2D eigenvalue weighted by molar-refractivity contribution is 5.41. The fourth-order valence-corrected chi connectivity index (χ4v) is 2.07. The average molecular weight is 279 g/mol. The summed E-state index contributed by atoms with van der Waals surface area (Å²) in [6.07, 6.45) is 0. The van der Waals surface area contributed by atoms with Gasteiger partial charge in [0.25, 0.3) is 0 Å². The Morgan fingerprint density at radius 1 is 1.35 bits per heavy atom. The number of ether oxygens (including phenoxy) is 1. The Labute approximate surface area is 123 Å². The van der Waals surface area contributed by atoms with Crippen LogP contribution >= 0.6 is 0 Å². The minimum absolute atomic E-state index is 0.673. The van der Waals surface area contributed by atoms with Gasteiger partial charge in [-0.05, 0) is 37.9 Å². The van der Waals surface area contributed by atoms with Crippen molar-refractivity contribution in [2.24, 2.45) is 5.92 Å². The average Bonchev–Trinajstić information content (AvgIpc) is 2.41. The zero-order valence-electron chi connectivity index (χ0n) is 13.6. The van der Waals surface area contributed by atoms with Gasteiger partial charge in [-0.15, -0.1) is 0 Å². The molecule has 4 nitrogen and oxygen atoms in total. The maximum atomic E-state index is 5.15. The molecule has 0 saturated heterocycles. The predicted octanol–water partition coefficient (Wildman–Crippen LogP) is 2.61. The normalized spacial score (nSPS) is 11.1. The van der Waals surface area contributed by atoms with Crippen LogP contribution in [0.15, 0.2) is 12.1 Å². The van der Waals surface area contributed by atoms with Gasteiger partial charge in [0.2, 0.25) is 0 Å². The van der Waals surface area contributed by atoms with Crippen LogP contribution in [0, 0.1) is 12.8 Å². The van der Waals surface area contributed by atoms with E-state index in [4.69, 9.17) is 9.72 Å². The molecule has 0 atom stereocenters. The second-order valence-electron chi connectivity index (χ2n) is 5.51. The Balaban J connectivity index is 2.65. The first kappa shape index (κ1) is 16.9. The van der Waals surface area contributed by atoms with Gasteiger partial charge >= 0.3 is 0 Å². The first-order chi connectivity index (χ1) is 9.58. The van der Waals surface area contributed by atoms with Crippen molar-refractivity contribution in [2.75, 3.05) is 38.3 Å². The zero-order chi connectivity index (χ0) is 15.0. The van der Waals surface area contributed by atoms with E-state index >= 15 is 0 Å². The lowest BCUT2D eigenvalue weighted by Gasteiger charge is -2.22. The summed E-state index contributed by atoms with van der Waals surface area (Å²) in [6.45, 7) is 13.1. The second-order valence-corrected chi connectivity index (χ2v) is 5.51. The lowest BCUT2D eigenvalue weighted by molar-refractivity contribution is 0.205. The zero-order valence-corrected chi connectivity index (χ0v) is 13.6. The summed E-state index contributed by atoms with van der Waals surface area (Å²) < 4.78 is 5.15. The van der Waals surface area contributed by atoms with Gasteiger partial charge < -0.3 is 15.0 Å². The van der Waals surface area contributed by atoms with E-state index in [-0.39, 0.29) is 0 Å². The number of aryl methyl sites for hydroxylation is 1. The molecule has 4 heteroatoms. The minimum atomic E-state index is 0.673. The highest BCUT2D eigenvalue weighted by atomic mass is 16.5. The van der Waals surface area contributed by atoms with Gasteiger partial charge in [-0.25, -0.2) is 4.98 Å². The Hall–Kier alpha value is -1.13. The van der Waals surface area contributed by atoms with Crippen LogP contribution in [-0.4, -0.2) is 38.3 Å². The molecule has 1 N–H and O–H groups in total. The van der Waals surface area contributed by atoms with E-state index in [1.165, 1.54) is 5.56 Å². The van der Waals surface area contributed by atoms with E-state index in [1.54, 1.807) is 7.11 Å². The maximum Gasteiger partial charge on any atom is 0.128 e. The number of pyridine rings is 1. The fraction of sp³-hybridized carbons (Fsp3) is 0.688. The SMILES string of the molecule is CCN(CCOC)c1ccc(CNCC(C)C)c(C)n1. The van der Waals surface area contributed by atoms with Crippen LogP contribution in [0.25, 0.3) is 0 Å². The number of hydrogen-bond acceptors (Lipinski definition) is 4. The summed E-state index contributed by atoms with van der Waals surface area (Å²) in [5, 5.41) is 3.47. The number of nitrogens with one attached hydrogen (secondary N) is 1. The predicted molar refractivity (Wildman–Crippen MR) is 85.3 cm³/mol. The smallest absolute Gasteiger partial charge is 0.128 e. The van der Waals surface area contributed by atoms with E-state index < -0.39 is 0 Å². The van der Waals surface area contributed by atoms with Crippen molar-refractivity contribution in [1.82, 2.24) is 10.3 Å². The Morgan fingerprint density at radius 2 is 2.10 bits per heavy atom. The quantitative estimate of drug-likeness (QED) is 0.754. The van der Waals surface area contributed by atoms with Crippen LogP contribution < -0.4 is 10.2 Å². The number of rotatable bonds is 9. The lowest BCUT2D eigenvalue weighted by Crippen LogP contribution is -2.28. The molecule has 0 amide bonds. The Kier molecular flexibility index (Phi) is 7.55. The Morgan fingerprint density at radius 3 is 2.65 bits per heavy atom. The van der Waals surface area contributed by atoms with Crippen molar-refractivity contribution < 1.29 is 4.74 Å². The molecule has 0 aromatic carbocycles. The van der Waals surface area contributed by atoms with E-state index in [1.807, 2.05) is 0 Å². The summed E-state index contributed by atoms with van der Waals surface area (Å²) in [7, 11) is 1.73. The third kappa shape index (κ3) is 5.47. The molecule has 1 heterocycles. The molecule has 0 aliphatic rings. The molecule has 0 unspecified atom stereocenters. The fourth-order valence-electron chi connectivity index (χ4n) is 2.07. The van der Waals surface area contributed by atoms with E-state index in [9.17, 15) is 0 Å². The van der Waals surface area contributed by atoms with E-state index in [0.717, 1.165) is 44.3 Å². The Bertz CT molecular complexity index is 393. The summed E-state index contributed by atoms with van der Waals surface area (Å²) in [5.74, 6) is 1.71. The van der Waals surface area contributed by atoms with E-state index in [2.05, 4.69) is 50.0 Å². The first-order valence-corrected chi connectivity index (χ1v) is 7.49. The van der Waals surface area contributed by atoms with Crippen molar-refractivity contribution in [2.45, 2.75) is 34.2 Å².